The number of hydrogen-bond acceptors (Lipinski definition) is 4. The molecule has 0 aliphatic carbocycles. The van der Waals surface area contributed by atoms with E-state index in [1.807, 2.05) is 20.8 Å². The topological polar surface area (TPSA) is 75.7 Å². The first kappa shape index (κ1) is 20.0. The van der Waals surface area contributed by atoms with Gasteiger partial charge in [-0.15, -0.1) is 0 Å². The van der Waals surface area contributed by atoms with Gasteiger partial charge in [0.15, 0.2) is 0 Å². The lowest BCUT2D eigenvalue weighted by Crippen LogP contribution is -2.45. The Kier molecular flexibility index (Phi) is 6.35. The fourth-order valence-electron chi connectivity index (χ4n) is 2.68. The number of benzene rings is 1. The van der Waals surface area contributed by atoms with Crippen molar-refractivity contribution < 1.29 is 17.9 Å². The van der Waals surface area contributed by atoms with Crippen LogP contribution in [0.1, 0.15) is 39.2 Å². The second-order valence-electron chi connectivity index (χ2n) is 7.20. The summed E-state index contributed by atoms with van der Waals surface area (Å²) in [5, 5.41) is 0.563. The zero-order valence-electron chi connectivity index (χ0n) is 14.8. The molecule has 8 heteroatoms. The predicted octanol–water partition coefficient (Wildman–Crippen LogP) is 3.16. The van der Waals surface area contributed by atoms with Crippen LogP contribution in [0, 0.1) is 0 Å². The fourth-order valence-corrected chi connectivity index (χ4v) is 3.99. The van der Waals surface area contributed by atoms with Crippen molar-refractivity contribution in [3.63, 3.8) is 0 Å². The molecule has 0 bridgehead atoms. The molecule has 1 aliphatic heterocycles. The van der Waals surface area contributed by atoms with Gasteiger partial charge in [0.05, 0.1) is 5.75 Å². The highest BCUT2D eigenvalue weighted by atomic mass is 35.5. The van der Waals surface area contributed by atoms with Gasteiger partial charge in [-0.2, -0.15) is 0 Å². The lowest BCUT2D eigenvalue weighted by Gasteiger charge is -2.28. The monoisotopic (exact) mass is 388 g/mol. The van der Waals surface area contributed by atoms with E-state index in [-0.39, 0.29) is 18.3 Å². The maximum absolute atomic E-state index is 12.3. The summed E-state index contributed by atoms with van der Waals surface area (Å²) in [5.41, 5.74) is 0.0884. The van der Waals surface area contributed by atoms with Crippen LogP contribution in [-0.2, 0) is 20.5 Å². The molecule has 140 valence electrons. The minimum Gasteiger partial charge on any atom is -0.444 e. The molecule has 1 aromatic rings. The highest BCUT2D eigenvalue weighted by Gasteiger charge is 2.32. The average molecular weight is 389 g/mol. The number of carbonyl (C=O) groups is 1. The Labute approximate surface area is 154 Å². The fraction of sp³-hybridized carbons (Fsp3) is 0.588. The molecule has 1 saturated heterocycles. The van der Waals surface area contributed by atoms with Crippen molar-refractivity contribution in [1.29, 1.82) is 0 Å². The number of amides is 1. The number of nitrogens with zero attached hydrogens (tertiary/aromatic N) is 1. The summed E-state index contributed by atoms with van der Waals surface area (Å²) < 4.78 is 32.5. The van der Waals surface area contributed by atoms with E-state index in [0.717, 1.165) is 12.8 Å². The third-order valence-corrected chi connectivity index (χ3v) is 5.39. The number of carbonyl (C=O) groups excluding carboxylic acids is 1. The Morgan fingerprint density at radius 1 is 1.32 bits per heavy atom. The maximum atomic E-state index is 12.3. The van der Waals surface area contributed by atoms with Gasteiger partial charge in [-0.3, -0.25) is 0 Å². The second kappa shape index (κ2) is 7.93. The summed E-state index contributed by atoms with van der Waals surface area (Å²) in [4.78, 5) is 13.8. The smallest absolute Gasteiger partial charge is 0.410 e. The van der Waals surface area contributed by atoms with E-state index >= 15 is 0 Å². The molecular weight excluding hydrogens is 364 g/mol. The van der Waals surface area contributed by atoms with E-state index in [0.29, 0.717) is 17.1 Å². The van der Waals surface area contributed by atoms with Gasteiger partial charge >= 0.3 is 6.09 Å². The molecule has 25 heavy (non-hydrogen) atoms. The third-order valence-electron chi connectivity index (χ3n) is 3.81. The summed E-state index contributed by atoms with van der Waals surface area (Å²) in [7, 11) is -3.49. The van der Waals surface area contributed by atoms with Crippen LogP contribution < -0.4 is 4.72 Å². The molecule has 1 fully saturated rings. The molecule has 0 saturated carbocycles. The minimum atomic E-state index is -3.49. The van der Waals surface area contributed by atoms with Crippen LogP contribution in [-0.4, -0.2) is 44.1 Å². The number of likely N-dealkylation sites (tertiary alicyclic amines) is 1. The number of nitrogens with one attached hydrogen (secondary N) is 1. The Morgan fingerprint density at radius 2 is 1.96 bits per heavy atom. The SMILES string of the molecule is CC(C)(C)OC(=O)N1CCC[C@H]1CNS(=O)(=O)Cc1ccc(Cl)cc1. The van der Waals surface area contributed by atoms with Gasteiger partial charge in [-0.1, -0.05) is 23.7 Å². The van der Waals surface area contributed by atoms with Crippen molar-refractivity contribution in [2.45, 2.75) is 51.0 Å². The molecule has 0 radical (unpaired) electrons. The molecule has 6 nitrogen and oxygen atoms in total. The molecule has 0 spiro atoms. The number of sulfonamides is 1. The van der Waals surface area contributed by atoms with E-state index in [2.05, 4.69) is 4.72 Å². The molecule has 1 amide bonds. The van der Waals surface area contributed by atoms with Crippen LogP contribution in [0.25, 0.3) is 0 Å². The summed E-state index contributed by atoms with van der Waals surface area (Å²) in [6, 6.07) is 6.50. The number of rotatable bonds is 5. The van der Waals surface area contributed by atoms with Gasteiger partial charge in [-0.25, -0.2) is 17.9 Å². The van der Waals surface area contributed by atoms with Crippen LogP contribution in [0.5, 0.6) is 0 Å². The van der Waals surface area contributed by atoms with Crippen molar-refractivity contribution >= 4 is 27.7 Å². The second-order valence-corrected chi connectivity index (χ2v) is 9.45. The first-order valence-electron chi connectivity index (χ1n) is 8.27. The molecule has 1 N–H and O–H groups in total. The Morgan fingerprint density at radius 3 is 2.56 bits per heavy atom. The van der Waals surface area contributed by atoms with Crippen LogP contribution in [0.15, 0.2) is 24.3 Å². The first-order valence-corrected chi connectivity index (χ1v) is 10.3. The molecule has 0 unspecified atom stereocenters. The van der Waals surface area contributed by atoms with Gasteiger partial charge < -0.3 is 9.64 Å². The lowest BCUT2D eigenvalue weighted by molar-refractivity contribution is 0.0229. The van der Waals surface area contributed by atoms with Crippen LogP contribution in [0.3, 0.4) is 0 Å². The first-order chi connectivity index (χ1) is 11.6. The van der Waals surface area contributed by atoms with Crippen molar-refractivity contribution in [3.8, 4) is 0 Å². The zero-order valence-corrected chi connectivity index (χ0v) is 16.4. The Bertz CT molecular complexity index is 698. The van der Waals surface area contributed by atoms with Crippen LogP contribution in [0.2, 0.25) is 5.02 Å². The average Bonchev–Trinajstić information content (AvgIpc) is 2.94. The Balaban J connectivity index is 1.92. The van der Waals surface area contributed by atoms with Crippen molar-refractivity contribution in [1.82, 2.24) is 9.62 Å². The summed E-state index contributed by atoms with van der Waals surface area (Å²) in [5.74, 6) is -0.122. The van der Waals surface area contributed by atoms with E-state index in [1.54, 1.807) is 29.2 Å². The molecular formula is C17H25ClN2O4S. The molecule has 1 heterocycles. The molecule has 1 atom stereocenters. The summed E-state index contributed by atoms with van der Waals surface area (Å²) in [6.07, 6.45) is 1.19. The molecule has 2 rings (SSSR count). The number of ether oxygens (including phenoxy) is 1. The van der Waals surface area contributed by atoms with Crippen molar-refractivity contribution in [2.75, 3.05) is 13.1 Å². The quantitative estimate of drug-likeness (QED) is 0.840. The normalized spacial score (nSPS) is 18.4. The zero-order chi connectivity index (χ0) is 18.7. The highest BCUT2D eigenvalue weighted by Crippen LogP contribution is 2.20. The van der Waals surface area contributed by atoms with Gasteiger partial charge in [0, 0.05) is 24.2 Å². The minimum absolute atomic E-state index is 0.122. The van der Waals surface area contributed by atoms with Gasteiger partial charge in [0.2, 0.25) is 10.0 Å². The van der Waals surface area contributed by atoms with E-state index < -0.39 is 21.7 Å². The maximum Gasteiger partial charge on any atom is 0.410 e. The number of halogens is 1. The van der Waals surface area contributed by atoms with Crippen LogP contribution >= 0.6 is 11.6 Å². The molecule has 1 aromatic carbocycles. The number of hydrogen-bond donors (Lipinski definition) is 1. The van der Waals surface area contributed by atoms with E-state index in [9.17, 15) is 13.2 Å². The van der Waals surface area contributed by atoms with E-state index in [1.165, 1.54) is 0 Å². The predicted molar refractivity (Wildman–Crippen MR) is 98.0 cm³/mol. The molecule has 0 aromatic heterocycles. The van der Waals surface area contributed by atoms with Crippen LogP contribution in [0.4, 0.5) is 4.79 Å². The third kappa shape index (κ3) is 6.49. The van der Waals surface area contributed by atoms with Gasteiger partial charge in [-0.05, 0) is 51.3 Å². The Hall–Kier alpha value is -1.31. The van der Waals surface area contributed by atoms with E-state index in [4.69, 9.17) is 16.3 Å². The molecule has 1 aliphatic rings. The summed E-state index contributed by atoms with van der Waals surface area (Å²) in [6.45, 7) is 6.20. The highest BCUT2D eigenvalue weighted by molar-refractivity contribution is 7.88. The lowest BCUT2D eigenvalue weighted by atomic mass is 10.2. The standard InChI is InChI=1S/C17H25ClN2O4S/c1-17(2,3)24-16(21)20-10-4-5-15(20)11-19-25(22,23)12-13-6-8-14(18)9-7-13/h6-9,15,19H,4-5,10-12H2,1-3H3/t15-/m0/s1. The van der Waals surface area contributed by atoms with Gasteiger partial charge in [0.25, 0.3) is 0 Å². The van der Waals surface area contributed by atoms with Crippen molar-refractivity contribution in [2.24, 2.45) is 0 Å². The largest absolute Gasteiger partial charge is 0.444 e. The summed E-state index contributed by atoms with van der Waals surface area (Å²) >= 11 is 5.81. The van der Waals surface area contributed by atoms with Crippen molar-refractivity contribution in [3.05, 3.63) is 34.9 Å². The van der Waals surface area contributed by atoms with Gasteiger partial charge in [0.1, 0.15) is 5.60 Å².